The van der Waals surface area contributed by atoms with Crippen molar-refractivity contribution in [3.63, 3.8) is 0 Å². The van der Waals surface area contributed by atoms with E-state index in [0.29, 0.717) is 25.3 Å². The van der Waals surface area contributed by atoms with Crippen LogP contribution in [0.5, 0.6) is 0 Å². The Kier molecular flexibility index (Phi) is 4.91. The Morgan fingerprint density at radius 1 is 1.45 bits per heavy atom. The molecule has 1 aromatic rings. The number of anilines is 1. The molecule has 0 bridgehead atoms. The SMILES string of the molecule is C#CCCN1CCN(c2ncc([N+](=O)[O-])cc2C(N)=O)CC1. The molecule has 0 radical (unpaired) electrons. The highest BCUT2D eigenvalue weighted by molar-refractivity contribution is 5.98. The lowest BCUT2D eigenvalue weighted by Crippen LogP contribution is -2.47. The lowest BCUT2D eigenvalue weighted by atomic mass is 10.2. The number of primary amides is 1. The van der Waals surface area contributed by atoms with Gasteiger partial charge in [0.25, 0.3) is 11.6 Å². The minimum Gasteiger partial charge on any atom is -0.365 e. The van der Waals surface area contributed by atoms with Gasteiger partial charge in [-0.2, -0.15) is 0 Å². The smallest absolute Gasteiger partial charge is 0.288 e. The van der Waals surface area contributed by atoms with Crippen molar-refractivity contribution >= 4 is 17.4 Å². The van der Waals surface area contributed by atoms with Gasteiger partial charge in [-0.05, 0) is 0 Å². The molecule has 8 heteroatoms. The van der Waals surface area contributed by atoms with Gasteiger partial charge in [0.15, 0.2) is 0 Å². The Hall–Kier alpha value is -2.66. The van der Waals surface area contributed by atoms with Gasteiger partial charge in [-0.1, -0.05) is 0 Å². The van der Waals surface area contributed by atoms with Gasteiger partial charge in [-0.3, -0.25) is 19.8 Å². The maximum Gasteiger partial charge on any atom is 0.288 e. The third-order valence-electron chi connectivity index (χ3n) is 3.57. The van der Waals surface area contributed by atoms with E-state index < -0.39 is 10.8 Å². The number of hydrogen-bond acceptors (Lipinski definition) is 6. The Morgan fingerprint density at radius 2 is 2.14 bits per heavy atom. The van der Waals surface area contributed by atoms with E-state index in [-0.39, 0.29) is 11.3 Å². The molecule has 0 saturated carbocycles. The summed E-state index contributed by atoms with van der Waals surface area (Å²) in [5.74, 6) is 2.28. The number of rotatable bonds is 5. The third-order valence-corrected chi connectivity index (χ3v) is 3.57. The molecular weight excluding hydrogens is 286 g/mol. The van der Waals surface area contributed by atoms with E-state index in [1.54, 1.807) is 0 Å². The normalized spacial score (nSPS) is 15.3. The van der Waals surface area contributed by atoms with Crippen molar-refractivity contribution in [1.29, 1.82) is 0 Å². The molecule has 116 valence electrons. The van der Waals surface area contributed by atoms with E-state index in [1.807, 2.05) is 4.90 Å². The van der Waals surface area contributed by atoms with Crippen molar-refractivity contribution in [3.05, 3.63) is 27.9 Å². The molecule has 0 atom stereocenters. The van der Waals surface area contributed by atoms with Crippen LogP contribution in [-0.2, 0) is 0 Å². The minimum absolute atomic E-state index is 0.0753. The van der Waals surface area contributed by atoms with Gasteiger partial charge >= 0.3 is 0 Å². The number of nitro groups is 1. The second-order valence-corrected chi connectivity index (χ2v) is 4.97. The van der Waals surface area contributed by atoms with Crippen LogP contribution in [0.4, 0.5) is 11.5 Å². The molecule has 0 aliphatic carbocycles. The highest BCUT2D eigenvalue weighted by Crippen LogP contribution is 2.23. The van der Waals surface area contributed by atoms with Crippen LogP contribution in [0.25, 0.3) is 0 Å². The zero-order chi connectivity index (χ0) is 16.1. The summed E-state index contributed by atoms with van der Waals surface area (Å²) in [4.78, 5) is 29.9. The first-order chi connectivity index (χ1) is 10.5. The number of amides is 1. The molecule has 8 nitrogen and oxygen atoms in total. The molecule has 1 fully saturated rings. The number of nitrogens with zero attached hydrogens (tertiary/aromatic N) is 4. The van der Waals surface area contributed by atoms with Crippen LogP contribution in [0, 0.1) is 22.5 Å². The quantitative estimate of drug-likeness (QED) is 0.474. The van der Waals surface area contributed by atoms with Crippen LogP contribution in [-0.4, -0.2) is 53.4 Å². The number of nitrogens with two attached hydrogens (primary N) is 1. The van der Waals surface area contributed by atoms with Gasteiger partial charge in [-0.15, -0.1) is 12.3 Å². The predicted molar refractivity (Wildman–Crippen MR) is 81.5 cm³/mol. The van der Waals surface area contributed by atoms with Crippen molar-refractivity contribution < 1.29 is 9.72 Å². The fraction of sp³-hybridized carbons (Fsp3) is 0.429. The highest BCUT2D eigenvalue weighted by Gasteiger charge is 2.23. The summed E-state index contributed by atoms with van der Waals surface area (Å²) >= 11 is 0. The van der Waals surface area contributed by atoms with Gasteiger partial charge in [0.2, 0.25) is 0 Å². The molecule has 2 heterocycles. The van der Waals surface area contributed by atoms with Crippen molar-refractivity contribution in [3.8, 4) is 12.3 Å². The van der Waals surface area contributed by atoms with Crippen LogP contribution < -0.4 is 10.6 Å². The number of carbonyl (C=O) groups is 1. The first-order valence-electron chi connectivity index (χ1n) is 6.88. The lowest BCUT2D eigenvalue weighted by Gasteiger charge is -2.35. The number of aromatic nitrogens is 1. The fourth-order valence-corrected chi connectivity index (χ4v) is 2.39. The molecule has 0 aromatic carbocycles. The fourth-order valence-electron chi connectivity index (χ4n) is 2.39. The molecule has 2 rings (SSSR count). The monoisotopic (exact) mass is 303 g/mol. The second kappa shape index (κ2) is 6.87. The van der Waals surface area contributed by atoms with Crippen LogP contribution in [0.2, 0.25) is 0 Å². The summed E-state index contributed by atoms with van der Waals surface area (Å²) in [5.41, 5.74) is 5.15. The zero-order valence-corrected chi connectivity index (χ0v) is 12.1. The summed E-state index contributed by atoms with van der Waals surface area (Å²) in [6, 6.07) is 1.18. The number of pyridine rings is 1. The molecule has 0 spiro atoms. The van der Waals surface area contributed by atoms with E-state index in [9.17, 15) is 14.9 Å². The molecular formula is C14H17N5O3. The number of terminal acetylenes is 1. The average molecular weight is 303 g/mol. The molecule has 0 unspecified atom stereocenters. The van der Waals surface area contributed by atoms with Crippen LogP contribution in [0.3, 0.4) is 0 Å². The van der Waals surface area contributed by atoms with Gasteiger partial charge in [0.1, 0.15) is 12.0 Å². The third kappa shape index (κ3) is 3.51. The maximum absolute atomic E-state index is 11.5. The summed E-state index contributed by atoms with van der Waals surface area (Å²) in [7, 11) is 0. The average Bonchev–Trinajstić information content (AvgIpc) is 2.52. The Labute approximate surface area is 128 Å². The van der Waals surface area contributed by atoms with Gasteiger partial charge in [0, 0.05) is 45.2 Å². The van der Waals surface area contributed by atoms with Crippen LogP contribution >= 0.6 is 0 Å². The predicted octanol–water partition coefficient (Wildman–Crippen LogP) is 0.234. The van der Waals surface area contributed by atoms with Gasteiger partial charge in [0.05, 0.1) is 10.5 Å². The van der Waals surface area contributed by atoms with Gasteiger partial charge in [-0.25, -0.2) is 4.98 Å². The summed E-state index contributed by atoms with van der Waals surface area (Å²) in [6.07, 6.45) is 7.09. The Morgan fingerprint density at radius 3 is 2.68 bits per heavy atom. The first kappa shape index (κ1) is 15.7. The second-order valence-electron chi connectivity index (χ2n) is 4.97. The topological polar surface area (TPSA) is 106 Å². The van der Waals surface area contributed by atoms with E-state index >= 15 is 0 Å². The lowest BCUT2D eigenvalue weighted by molar-refractivity contribution is -0.385. The van der Waals surface area contributed by atoms with E-state index in [4.69, 9.17) is 12.2 Å². The van der Waals surface area contributed by atoms with E-state index in [2.05, 4.69) is 15.8 Å². The van der Waals surface area contributed by atoms with Crippen molar-refractivity contribution in [2.45, 2.75) is 6.42 Å². The Bertz CT molecular complexity index is 617. The summed E-state index contributed by atoms with van der Waals surface area (Å²) in [5, 5.41) is 10.8. The molecule has 1 saturated heterocycles. The number of piperazine rings is 1. The van der Waals surface area contributed by atoms with Crippen molar-refractivity contribution in [2.75, 3.05) is 37.6 Å². The van der Waals surface area contributed by atoms with Crippen molar-refractivity contribution in [1.82, 2.24) is 9.88 Å². The maximum atomic E-state index is 11.5. The van der Waals surface area contributed by atoms with Gasteiger partial charge < -0.3 is 10.6 Å². The van der Waals surface area contributed by atoms with Crippen molar-refractivity contribution in [2.24, 2.45) is 5.73 Å². The van der Waals surface area contributed by atoms with Crippen LogP contribution in [0.1, 0.15) is 16.8 Å². The molecule has 1 aromatic heterocycles. The zero-order valence-electron chi connectivity index (χ0n) is 12.1. The molecule has 1 aliphatic rings. The highest BCUT2D eigenvalue weighted by atomic mass is 16.6. The van der Waals surface area contributed by atoms with E-state index in [1.165, 1.54) is 6.07 Å². The number of hydrogen-bond donors (Lipinski definition) is 1. The Balaban J connectivity index is 2.14. The number of carbonyl (C=O) groups excluding carboxylic acids is 1. The standard InChI is InChI=1S/C14H17N5O3/c1-2-3-4-17-5-7-18(8-6-17)14-12(13(15)20)9-11(10-16-14)19(21)22/h1,9-10H,3-8H2,(H2,15,20). The molecule has 22 heavy (non-hydrogen) atoms. The van der Waals surface area contributed by atoms with Crippen LogP contribution in [0.15, 0.2) is 12.3 Å². The molecule has 1 aliphatic heterocycles. The molecule has 2 N–H and O–H groups in total. The largest absolute Gasteiger partial charge is 0.365 e. The minimum atomic E-state index is -0.721. The molecule has 1 amide bonds. The first-order valence-corrected chi connectivity index (χ1v) is 6.88. The summed E-state index contributed by atoms with van der Waals surface area (Å²) in [6.45, 7) is 3.74. The van der Waals surface area contributed by atoms with E-state index in [0.717, 1.165) is 25.8 Å². The summed E-state index contributed by atoms with van der Waals surface area (Å²) < 4.78 is 0.